The van der Waals surface area contributed by atoms with Crippen LogP contribution >= 0.6 is 0 Å². The van der Waals surface area contributed by atoms with Gasteiger partial charge in [-0.15, -0.1) is 0 Å². The van der Waals surface area contributed by atoms with Gasteiger partial charge in [0.15, 0.2) is 11.5 Å². The molecule has 4 nitrogen and oxygen atoms in total. The highest BCUT2D eigenvalue weighted by atomic mass is 19.1. The van der Waals surface area contributed by atoms with Gasteiger partial charge in [0.2, 0.25) is 0 Å². The standard InChI is InChI=1S/C14H13FN2O2/c15-11-5-3-10(4-6-11)13-7-12(17-19-13)14(18)16-8-9-1-2-9/h3-7,9H,1-2,8H2,(H,16,18). The van der Waals surface area contributed by atoms with E-state index in [1.807, 2.05) is 0 Å². The van der Waals surface area contributed by atoms with Gasteiger partial charge >= 0.3 is 0 Å². The molecule has 1 aliphatic rings. The smallest absolute Gasteiger partial charge is 0.273 e. The summed E-state index contributed by atoms with van der Waals surface area (Å²) in [4.78, 5) is 11.8. The zero-order chi connectivity index (χ0) is 13.2. The quantitative estimate of drug-likeness (QED) is 0.919. The molecule has 0 aliphatic heterocycles. The van der Waals surface area contributed by atoms with Gasteiger partial charge in [0.1, 0.15) is 5.82 Å². The maximum atomic E-state index is 12.8. The Hall–Kier alpha value is -2.17. The lowest BCUT2D eigenvalue weighted by molar-refractivity contribution is 0.0943. The van der Waals surface area contributed by atoms with E-state index < -0.39 is 0 Å². The number of nitrogens with one attached hydrogen (secondary N) is 1. The van der Waals surface area contributed by atoms with E-state index >= 15 is 0 Å². The van der Waals surface area contributed by atoms with Gasteiger partial charge in [0, 0.05) is 18.2 Å². The SMILES string of the molecule is O=C(NCC1CC1)c1cc(-c2ccc(F)cc2)on1. The lowest BCUT2D eigenvalue weighted by Crippen LogP contribution is -2.25. The van der Waals surface area contributed by atoms with Crippen molar-refractivity contribution in [1.29, 1.82) is 0 Å². The largest absolute Gasteiger partial charge is 0.355 e. The average Bonchev–Trinajstić information content (AvgIpc) is 3.12. The predicted molar refractivity (Wildman–Crippen MR) is 67.0 cm³/mol. The summed E-state index contributed by atoms with van der Waals surface area (Å²) in [6, 6.07) is 7.41. The Balaban J connectivity index is 1.71. The molecule has 1 aromatic heterocycles. The number of amides is 1. The summed E-state index contributed by atoms with van der Waals surface area (Å²) in [5, 5.41) is 6.55. The Morgan fingerprint density at radius 1 is 1.37 bits per heavy atom. The molecule has 98 valence electrons. The summed E-state index contributed by atoms with van der Waals surface area (Å²) < 4.78 is 17.9. The van der Waals surface area contributed by atoms with Crippen LogP contribution in [0.4, 0.5) is 4.39 Å². The van der Waals surface area contributed by atoms with Gasteiger partial charge in [-0.05, 0) is 43.0 Å². The molecule has 5 heteroatoms. The molecule has 0 bridgehead atoms. The molecule has 1 heterocycles. The molecule has 1 aromatic carbocycles. The van der Waals surface area contributed by atoms with Crippen molar-refractivity contribution in [2.75, 3.05) is 6.54 Å². The second-order valence-corrected chi connectivity index (χ2v) is 4.74. The zero-order valence-electron chi connectivity index (χ0n) is 10.2. The first kappa shape index (κ1) is 11.9. The maximum absolute atomic E-state index is 12.8. The first-order valence-electron chi connectivity index (χ1n) is 6.23. The van der Waals surface area contributed by atoms with Crippen LogP contribution in [0.15, 0.2) is 34.9 Å². The first-order chi connectivity index (χ1) is 9.22. The third-order valence-corrected chi connectivity index (χ3v) is 3.12. The highest BCUT2D eigenvalue weighted by Crippen LogP contribution is 2.27. The molecule has 1 aliphatic carbocycles. The summed E-state index contributed by atoms with van der Waals surface area (Å²) in [5.41, 5.74) is 0.940. The summed E-state index contributed by atoms with van der Waals surface area (Å²) in [5.74, 6) is 0.527. The van der Waals surface area contributed by atoms with Gasteiger partial charge in [-0.1, -0.05) is 5.16 Å². The van der Waals surface area contributed by atoms with E-state index in [1.165, 1.54) is 25.0 Å². The van der Waals surface area contributed by atoms with E-state index in [1.54, 1.807) is 18.2 Å². The Morgan fingerprint density at radius 3 is 2.79 bits per heavy atom. The number of hydrogen-bond acceptors (Lipinski definition) is 3. The summed E-state index contributed by atoms with van der Waals surface area (Å²) in [7, 11) is 0. The van der Waals surface area contributed by atoms with Crippen LogP contribution in [0.3, 0.4) is 0 Å². The third kappa shape index (κ3) is 2.81. The van der Waals surface area contributed by atoms with Crippen LogP contribution in [0.2, 0.25) is 0 Å². The minimum Gasteiger partial charge on any atom is -0.355 e. The molecule has 0 unspecified atom stereocenters. The molecular formula is C14H13FN2O2. The number of benzene rings is 1. The molecule has 0 radical (unpaired) electrons. The van der Waals surface area contributed by atoms with Crippen LogP contribution in [-0.4, -0.2) is 17.6 Å². The Kier molecular flexibility index (Phi) is 3.03. The van der Waals surface area contributed by atoms with Crippen molar-refractivity contribution in [3.8, 4) is 11.3 Å². The Morgan fingerprint density at radius 2 is 2.11 bits per heavy atom. The number of nitrogens with zero attached hydrogens (tertiary/aromatic N) is 1. The van der Waals surface area contributed by atoms with E-state index in [2.05, 4.69) is 10.5 Å². The van der Waals surface area contributed by atoms with E-state index in [0.29, 0.717) is 23.8 Å². The number of rotatable bonds is 4. The molecule has 2 aromatic rings. The lowest BCUT2D eigenvalue weighted by Gasteiger charge is -1.98. The summed E-state index contributed by atoms with van der Waals surface area (Å²) >= 11 is 0. The highest BCUT2D eigenvalue weighted by Gasteiger charge is 2.22. The van der Waals surface area contributed by atoms with Gasteiger partial charge in [-0.3, -0.25) is 4.79 Å². The molecule has 1 amide bonds. The van der Waals surface area contributed by atoms with Gasteiger partial charge in [0.05, 0.1) is 0 Å². The second kappa shape index (κ2) is 4.84. The van der Waals surface area contributed by atoms with Crippen LogP contribution in [0.5, 0.6) is 0 Å². The predicted octanol–water partition coefficient (Wildman–Crippen LogP) is 2.62. The van der Waals surface area contributed by atoms with E-state index in [9.17, 15) is 9.18 Å². The molecule has 0 atom stereocenters. The lowest BCUT2D eigenvalue weighted by atomic mass is 10.1. The van der Waals surface area contributed by atoms with Gasteiger partial charge in [-0.25, -0.2) is 4.39 Å². The number of carbonyl (C=O) groups is 1. The van der Waals surface area contributed by atoms with Crippen molar-refractivity contribution in [3.63, 3.8) is 0 Å². The van der Waals surface area contributed by atoms with Crippen LogP contribution in [-0.2, 0) is 0 Å². The first-order valence-corrected chi connectivity index (χ1v) is 6.23. The third-order valence-electron chi connectivity index (χ3n) is 3.12. The molecule has 19 heavy (non-hydrogen) atoms. The molecule has 3 rings (SSSR count). The van der Waals surface area contributed by atoms with Crippen molar-refractivity contribution in [2.45, 2.75) is 12.8 Å². The van der Waals surface area contributed by atoms with E-state index in [0.717, 1.165) is 0 Å². The molecule has 1 saturated carbocycles. The molecular weight excluding hydrogens is 247 g/mol. The summed E-state index contributed by atoms with van der Waals surface area (Å²) in [6.45, 7) is 0.692. The molecule has 1 N–H and O–H groups in total. The number of hydrogen-bond donors (Lipinski definition) is 1. The zero-order valence-corrected chi connectivity index (χ0v) is 10.2. The Labute approximate surface area is 109 Å². The normalized spacial score (nSPS) is 14.4. The molecule has 0 saturated heterocycles. The number of aromatic nitrogens is 1. The topological polar surface area (TPSA) is 55.1 Å². The van der Waals surface area contributed by atoms with Crippen molar-refractivity contribution in [1.82, 2.24) is 10.5 Å². The molecule has 1 fully saturated rings. The minimum absolute atomic E-state index is 0.232. The fourth-order valence-corrected chi connectivity index (χ4v) is 1.78. The van der Waals surface area contributed by atoms with Gasteiger partial charge in [-0.2, -0.15) is 0 Å². The number of carbonyl (C=O) groups excluding carboxylic acids is 1. The van der Waals surface area contributed by atoms with Crippen LogP contribution in [0.25, 0.3) is 11.3 Å². The van der Waals surface area contributed by atoms with Gasteiger partial charge in [0.25, 0.3) is 5.91 Å². The average molecular weight is 260 g/mol. The Bertz CT molecular complexity index is 588. The van der Waals surface area contributed by atoms with E-state index in [-0.39, 0.29) is 17.4 Å². The van der Waals surface area contributed by atoms with Crippen LogP contribution in [0, 0.1) is 11.7 Å². The second-order valence-electron chi connectivity index (χ2n) is 4.74. The van der Waals surface area contributed by atoms with Gasteiger partial charge < -0.3 is 9.84 Å². The van der Waals surface area contributed by atoms with Crippen molar-refractivity contribution >= 4 is 5.91 Å². The molecule has 0 spiro atoms. The minimum atomic E-state index is -0.314. The van der Waals surface area contributed by atoms with Crippen molar-refractivity contribution < 1.29 is 13.7 Å². The van der Waals surface area contributed by atoms with Crippen molar-refractivity contribution in [3.05, 3.63) is 41.8 Å². The summed E-state index contributed by atoms with van der Waals surface area (Å²) in [6.07, 6.45) is 2.36. The maximum Gasteiger partial charge on any atom is 0.273 e. The van der Waals surface area contributed by atoms with Crippen LogP contribution in [0.1, 0.15) is 23.3 Å². The fourth-order valence-electron chi connectivity index (χ4n) is 1.78. The van der Waals surface area contributed by atoms with E-state index in [4.69, 9.17) is 4.52 Å². The number of halogens is 1. The fraction of sp³-hybridized carbons (Fsp3) is 0.286. The van der Waals surface area contributed by atoms with Crippen LogP contribution < -0.4 is 5.32 Å². The van der Waals surface area contributed by atoms with Crippen molar-refractivity contribution in [2.24, 2.45) is 5.92 Å². The monoisotopic (exact) mass is 260 g/mol. The highest BCUT2D eigenvalue weighted by molar-refractivity contribution is 5.93.